The Morgan fingerprint density at radius 1 is 1.08 bits per heavy atom. The monoisotopic (exact) mass is 361 g/mol. The fourth-order valence-corrected chi connectivity index (χ4v) is 4.94. The highest BCUT2D eigenvalue weighted by Gasteiger charge is 2.34. The van der Waals surface area contributed by atoms with Gasteiger partial charge in [0.05, 0.1) is 0 Å². The molecule has 2 aromatic rings. The van der Waals surface area contributed by atoms with Crippen LogP contribution < -0.4 is 9.47 Å². The zero-order valence-corrected chi connectivity index (χ0v) is 14.5. The molecule has 1 aromatic carbocycles. The molecule has 0 aliphatic carbocycles. The Labute approximate surface area is 146 Å². The van der Waals surface area contributed by atoms with Gasteiger partial charge in [0.1, 0.15) is 24.4 Å². The maximum atomic E-state index is 13.1. The van der Waals surface area contributed by atoms with E-state index in [-0.39, 0.29) is 10.8 Å². The normalized spacial score (nSPS) is 18.9. The highest BCUT2D eigenvalue weighted by molar-refractivity contribution is 7.89. The molecule has 0 spiro atoms. The van der Waals surface area contributed by atoms with E-state index >= 15 is 0 Å². The highest BCUT2D eigenvalue weighted by atomic mass is 32.2. The van der Waals surface area contributed by atoms with E-state index in [1.165, 1.54) is 10.6 Å². The van der Waals surface area contributed by atoms with Crippen molar-refractivity contribution in [3.05, 3.63) is 42.5 Å². The molecule has 2 aliphatic heterocycles. The fourth-order valence-electron chi connectivity index (χ4n) is 3.32. The predicted molar refractivity (Wildman–Crippen MR) is 90.2 cm³/mol. The van der Waals surface area contributed by atoms with E-state index < -0.39 is 10.0 Å². The van der Waals surface area contributed by atoms with Crippen molar-refractivity contribution in [2.75, 3.05) is 26.3 Å². The third-order valence-electron chi connectivity index (χ3n) is 4.62. The molecule has 0 bridgehead atoms. The lowest BCUT2D eigenvalue weighted by atomic mass is 9.94. The smallest absolute Gasteiger partial charge is 0.246 e. The Morgan fingerprint density at radius 3 is 2.64 bits per heavy atom. The SMILES string of the molecule is O=S(=O)(c1cccc2c1OCCO2)N1CCC(c2ccncn2)CC1. The van der Waals surface area contributed by atoms with Crippen LogP contribution in [0.4, 0.5) is 0 Å². The maximum absolute atomic E-state index is 13.1. The minimum absolute atomic E-state index is 0.185. The Kier molecular flexibility index (Phi) is 4.30. The second kappa shape index (κ2) is 6.61. The molecule has 7 nitrogen and oxygen atoms in total. The molecule has 0 radical (unpaired) electrons. The summed E-state index contributed by atoms with van der Waals surface area (Å²) < 4.78 is 38.7. The number of piperidine rings is 1. The molecule has 3 heterocycles. The molecule has 0 saturated carbocycles. The summed E-state index contributed by atoms with van der Waals surface area (Å²) in [5.74, 6) is 1.08. The van der Waals surface area contributed by atoms with Crippen LogP contribution in [0.3, 0.4) is 0 Å². The molecule has 1 fully saturated rings. The number of hydrogen-bond acceptors (Lipinski definition) is 6. The standard InChI is InChI=1S/C17H19N3O4S/c21-25(22,16-3-1-2-15-17(16)24-11-10-23-15)20-8-5-13(6-9-20)14-4-7-18-12-19-14/h1-4,7,12-13H,5-6,8-11H2. The molecule has 4 rings (SSSR count). The molecule has 1 saturated heterocycles. The number of hydrogen-bond donors (Lipinski definition) is 0. The number of aromatic nitrogens is 2. The lowest BCUT2D eigenvalue weighted by molar-refractivity contribution is 0.166. The van der Waals surface area contributed by atoms with Crippen LogP contribution in [0.15, 0.2) is 41.7 Å². The Morgan fingerprint density at radius 2 is 1.88 bits per heavy atom. The van der Waals surface area contributed by atoms with E-state index in [9.17, 15) is 8.42 Å². The van der Waals surface area contributed by atoms with Gasteiger partial charge in [-0.25, -0.2) is 18.4 Å². The van der Waals surface area contributed by atoms with Gasteiger partial charge in [0.25, 0.3) is 0 Å². The summed E-state index contributed by atoms with van der Waals surface area (Å²) >= 11 is 0. The molecular weight excluding hydrogens is 342 g/mol. The van der Waals surface area contributed by atoms with E-state index in [0.29, 0.717) is 37.8 Å². The first-order valence-electron chi connectivity index (χ1n) is 8.31. The van der Waals surface area contributed by atoms with E-state index in [4.69, 9.17) is 9.47 Å². The predicted octanol–water partition coefficient (Wildman–Crippen LogP) is 1.82. The number of nitrogens with zero attached hydrogens (tertiary/aromatic N) is 3. The first-order valence-corrected chi connectivity index (χ1v) is 9.75. The topological polar surface area (TPSA) is 81.6 Å². The van der Waals surface area contributed by atoms with Crippen LogP contribution in [0, 0.1) is 0 Å². The van der Waals surface area contributed by atoms with Gasteiger partial charge in [-0.3, -0.25) is 0 Å². The van der Waals surface area contributed by atoms with Crippen molar-refractivity contribution in [3.8, 4) is 11.5 Å². The lowest BCUT2D eigenvalue weighted by Crippen LogP contribution is -2.38. The van der Waals surface area contributed by atoms with Gasteiger partial charge in [-0.15, -0.1) is 0 Å². The number of fused-ring (bicyclic) bond motifs is 1. The van der Waals surface area contributed by atoms with Crippen LogP contribution in [0.25, 0.3) is 0 Å². The average molecular weight is 361 g/mol. The van der Waals surface area contributed by atoms with Crippen molar-refractivity contribution >= 4 is 10.0 Å². The summed E-state index contributed by atoms with van der Waals surface area (Å²) in [4.78, 5) is 8.41. The minimum Gasteiger partial charge on any atom is -0.486 e. The molecule has 2 aliphatic rings. The number of sulfonamides is 1. The molecule has 0 unspecified atom stereocenters. The zero-order valence-electron chi connectivity index (χ0n) is 13.7. The highest BCUT2D eigenvalue weighted by Crippen LogP contribution is 2.39. The number of benzene rings is 1. The number of para-hydroxylation sites is 1. The zero-order chi connectivity index (χ0) is 17.3. The number of ether oxygens (including phenoxy) is 2. The van der Waals surface area contributed by atoms with Crippen molar-refractivity contribution in [2.45, 2.75) is 23.7 Å². The van der Waals surface area contributed by atoms with Crippen molar-refractivity contribution in [1.82, 2.24) is 14.3 Å². The third-order valence-corrected chi connectivity index (χ3v) is 6.55. The summed E-state index contributed by atoms with van der Waals surface area (Å²) in [5, 5.41) is 0. The van der Waals surface area contributed by atoms with Gasteiger partial charge in [0, 0.05) is 30.9 Å². The maximum Gasteiger partial charge on any atom is 0.246 e. The Bertz CT molecular complexity index is 849. The summed E-state index contributed by atoms with van der Waals surface area (Å²) in [5.41, 5.74) is 0.973. The largest absolute Gasteiger partial charge is 0.486 e. The fraction of sp³-hybridized carbons (Fsp3) is 0.412. The molecule has 0 amide bonds. The second-order valence-corrected chi connectivity index (χ2v) is 8.00. The van der Waals surface area contributed by atoms with Crippen LogP contribution >= 0.6 is 0 Å². The van der Waals surface area contributed by atoms with Gasteiger partial charge in [-0.2, -0.15) is 4.31 Å². The van der Waals surface area contributed by atoms with E-state index in [1.54, 1.807) is 24.4 Å². The first-order chi connectivity index (χ1) is 12.2. The molecular formula is C17H19N3O4S. The van der Waals surface area contributed by atoms with Crippen LogP contribution in [0.2, 0.25) is 0 Å². The quantitative estimate of drug-likeness (QED) is 0.829. The summed E-state index contributed by atoms with van der Waals surface area (Å²) in [6.45, 7) is 1.71. The van der Waals surface area contributed by atoms with Crippen LogP contribution in [0.1, 0.15) is 24.5 Å². The molecule has 132 valence electrons. The summed E-state index contributed by atoms with van der Waals surface area (Å²) in [6, 6.07) is 6.90. The third kappa shape index (κ3) is 3.07. The average Bonchev–Trinajstić information content (AvgIpc) is 2.68. The summed E-state index contributed by atoms with van der Waals surface area (Å²) in [6.07, 6.45) is 4.73. The first kappa shape index (κ1) is 16.3. The van der Waals surface area contributed by atoms with E-state index in [1.807, 2.05) is 6.07 Å². The van der Waals surface area contributed by atoms with Gasteiger partial charge >= 0.3 is 0 Å². The molecule has 25 heavy (non-hydrogen) atoms. The number of rotatable bonds is 3. The van der Waals surface area contributed by atoms with Crippen LogP contribution in [-0.4, -0.2) is 49.0 Å². The Balaban J connectivity index is 1.55. The van der Waals surface area contributed by atoms with Crippen molar-refractivity contribution < 1.29 is 17.9 Å². The van der Waals surface area contributed by atoms with Crippen LogP contribution in [0.5, 0.6) is 11.5 Å². The summed E-state index contributed by atoms with van der Waals surface area (Å²) in [7, 11) is -3.61. The van der Waals surface area contributed by atoms with Gasteiger partial charge in [-0.1, -0.05) is 6.07 Å². The van der Waals surface area contributed by atoms with Gasteiger partial charge in [-0.05, 0) is 31.0 Å². The van der Waals surface area contributed by atoms with Gasteiger partial charge in [0.15, 0.2) is 11.5 Å². The van der Waals surface area contributed by atoms with Crippen molar-refractivity contribution in [3.63, 3.8) is 0 Å². The van der Waals surface area contributed by atoms with Gasteiger partial charge in [0.2, 0.25) is 10.0 Å². The van der Waals surface area contributed by atoms with Gasteiger partial charge < -0.3 is 9.47 Å². The molecule has 8 heteroatoms. The second-order valence-electron chi connectivity index (χ2n) is 6.09. The van der Waals surface area contributed by atoms with Crippen molar-refractivity contribution in [1.29, 1.82) is 0 Å². The lowest BCUT2D eigenvalue weighted by Gasteiger charge is -2.31. The van der Waals surface area contributed by atoms with E-state index in [0.717, 1.165) is 18.5 Å². The molecule has 1 aromatic heterocycles. The Hall–Kier alpha value is -2.19. The molecule has 0 N–H and O–H groups in total. The van der Waals surface area contributed by atoms with Crippen molar-refractivity contribution in [2.24, 2.45) is 0 Å². The minimum atomic E-state index is -3.61. The molecule has 0 atom stereocenters. The van der Waals surface area contributed by atoms with E-state index in [2.05, 4.69) is 9.97 Å². The van der Waals surface area contributed by atoms with Crippen LogP contribution in [-0.2, 0) is 10.0 Å².